The highest BCUT2D eigenvalue weighted by Gasteiger charge is 2.38. The smallest absolute Gasteiger partial charge is 0.310 e. The molecule has 25 heavy (non-hydrogen) atoms. The molecule has 0 aliphatic heterocycles. The van der Waals surface area contributed by atoms with E-state index in [4.69, 9.17) is 0 Å². The fourth-order valence-corrected chi connectivity index (χ4v) is 2.82. The van der Waals surface area contributed by atoms with Crippen LogP contribution in [0.1, 0.15) is 5.82 Å². The summed E-state index contributed by atoms with van der Waals surface area (Å²) in [6, 6.07) is 12.5. The van der Waals surface area contributed by atoms with E-state index in [1.807, 2.05) is 0 Å². The number of halogens is 4. The summed E-state index contributed by atoms with van der Waals surface area (Å²) in [5, 5.41) is 3.05. The second-order valence-electron chi connectivity index (χ2n) is 5.32. The Morgan fingerprint density at radius 3 is 2.36 bits per heavy atom. The van der Waals surface area contributed by atoms with Crippen molar-refractivity contribution in [2.45, 2.75) is 12.6 Å². The van der Waals surface area contributed by atoms with Crippen molar-refractivity contribution in [2.75, 3.05) is 0 Å². The Balaban J connectivity index is 0.000000213. The fraction of sp³-hybridized carbons (Fsp3) is 0.118. The van der Waals surface area contributed by atoms with Crippen LogP contribution in [0.15, 0.2) is 51.7 Å². The van der Waals surface area contributed by atoms with Crippen molar-refractivity contribution in [1.29, 1.82) is 0 Å². The van der Waals surface area contributed by atoms with Gasteiger partial charge < -0.3 is 4.98 Å². The number of aromatic nitrogens is 2. The highest BCUT2D eigenvalue weighted by Crippen LogP contribution is 2.21. The molecule has 1 heterocycles. The van der Waals surface area contributed by atoms with E-state index in [9.17, 15) is 22.8 Å². The number of alkyl halides is 3. The molecule has 128 valence electrons. The van der Waals surface area contributed by atoms with Gasteiger partial charge in [-0.1, -0.05) is 40.2 Å². The zero-order chi connectivity index (χ0) is 18.2. The molecular formula is C17H10BrF3N2O2. The average molecular weight is 411 g/mol. The van der Waals surface area contributed by atoms with E-state index in [1.54, 1.807) is 12.1 Å². The van der Waals surface area contributed by atoms with Crippen LogP contribution in [0.4, 0.5) is 13.2 Å². The molecular weight excluding hydrogens is 401 g/mol. The molecule has 2 aliphatic rings. The number of rotatable bonds is 2. The van der Waals surface area contributed by atoms with Crippen LogP contribution in [0, 0.1) is 10.4 Å². The van der Waals surface area contributed by atoms with E-state index in [2.05, 4.69) is 44.1 Å². The standard InChI is InChI=1S/C11H7F3N2O2.C6H3Br/c12-11(13,14)8(17)5-9-15-7-4-2-1-3-6(7)10(18)16-9;7-6-3-4-1-2-5(4)6/h1-4H,5H2,(H,15,16,18);1-3H. The second kappa shape index (κ2) is 6.44. The number of hydrogen-bond donors (Lipinski definition) is 1. The van der Waals surface area contributed by atoms with E-state index >= 15 is 0 Å². The van der Waals surface area contributed by atoms with E-state index in [1.165, 1.54) is 27.0 Å². The maximum Gasteiger partial charge on any atom is 0.450 e. The molecule has 0 spiro atoms. The minimum atomic E-state index is -4.93. The average Bonchev–Trinajstić information content (AvgIpc) is 2.52. The van der Waals surface area contributed by atoms with Gasteiger partial charge >= 0.3 is 6.18 Å². The number of H-pyrrole nitrogens is 1. The van der Waals surface area contributed by atoms with Crippen LogP contribution in [-0.4, -0.2) is 21.9 Å². The number of ketones is 1. The third-order valence-electron chi connectivity index (χ3n) is 3.59. The quantitative estimate of drug-likeness (QED) is 0.548. The Morgan fingerprint density at radius 2 is 1.88 bits per heavy atom. The number of nitrogens with one attached hydrogen (secondary N) is 1. The van der Waals surface area contributed by atoms with Crippen LogP contribution >= 0.6 is 15.9 Å². The number of carbonyl (C=O) groups excluding carboxylic acids is 1. The lowest BCUT2D eigenvalue weighted by Crippen LogP contribution is -2.26. The number of nitrogens with zero attached hydrogens (tertiary/aromatic N) is 1. The van der Waals surface area contributed by atoms with E-state index < -0.39 is 23.9 Å². The molecule has 0 radical (unpaired) electrons. The van der Waals surface area contributed by atoms with Gasteiger partial charge in [-0.05, 0) is 28.6 Å². The summed E-state index contributed by atoms with van der Waals surface area (Å²) in [7, 11) is 0. The highest BCUT2D eigenvalue weighted by atomic mass is 79.9. The van der Waals surface area contributed by atoms with E-state index in [0.29, 0.717) is 0 Å². The van der Waals surface area contributed by atoms with Crippen molar-refractivity contribution >= 4 is 32.6 Å². The van der Waals surface area contributed by atoms with Crippen LogP contribution in [0.5, 0.6) is 0 Å². The Bertz CT molecular complexity index is 1120. The van der Waals surface area contributed by atoms with Gasteiger partial charge in [-0.3, -0.25) is 9.59 Å². The predicted molar refractivity (Wildman–Crippen MR) is 88.9 cm³/mol. The first-order chi connectivity index (χ1) is 11.8. The summed E-state index contributed by atoms with van der Waals surface area (Å²) in [4.78, 5) is 28.3. The fourth-order valence-electron chi connectivity index (χ4n) is 2.21. The largest absolute Gasteiger partial charge is 0.450 e. The molecule has 4 rings (SSSR count). The van der Waals surface area contributed by atoms with Crippen molar-refractivity contribution in [1.82, 2.24) is 9.97 Å². The molecule has 1 N–H and O–H groups in total. The number of carbonyl (C=O) groups is 1. The molecule has 4 nitrogen and oxygen atoms in total. The Hall–Kier alpha value is -2.48. The normalized spacial score (nSPS) is 11.7. The first kappa shape index (κ1) is 17.3. The van der Waals surface area contributed by atoms with Gasteiger partial charge in [0.2, 0.25) is 5.78 Å². The van der Waals surface area contributed by atoms with Crippen LogP contribution in [-0.2, 0) is 11.2 Å². The molecule has 2 aliphatic carbocycles. The molecule has 0 saturated carbocycles. The summed E-state index contributed by atoms with van der Waals surface area (Å²) in [6.07, 6.45) is -5.90. The summed E-state index contributed by atoms with van der Waals surface area (Å²) in [5.41, 5.74) is -0.309. The first-order valence-electron chi connectivity index (χ1n) is 7.13. The molecule has 8 heteroatoms. The minimum absolute atomic E-state index is 0.256. The van der Waals surface area contributed by atoms with Gasteiger partial charge in [-0.25, -0.2) is 4.98 Å². The lowest BCUT2D eigenvalue weighted by atomic mass is 10.1. The zero-order valence-electron chi connectivity index (χ0n) is 12.5. The maximum atomic E-state index is 12.1. The molecule has 0 atom stereocenters. The third-order valence-corrected chi connectivity index (χ3v) is 4.24. The minimum Gasteiger partial charge on any atom is -0.310 e. The van der Waals surface area contributed by atoms with Gasteiger partial charge in [-0.2, -0.15) is 13.2 Å². The molecule has 0 bridgehead atoms. The van der Waals surface area contributed by atoms with Crippen molar-refractivity contribution in [2.24, 2.45) is 0 Å². The molecule has 0 saturated heterocycles. The van der Waals surface area contributed by atoms with Crippen molar-refractivity contribution in [3.63, 3.8) is 0 Å². The van der Waals surface area contributed by atoms with E-state index in [-0.39, 0.29) is 16.7 Å². The summed E-state index contributed by atoms with van der Waals surface area (Å²) in [6.45, 7) is 0. The third kappa shape index (κ3) is 3.63. The predicted octanol–water partition coefficient (Wildman–Crippen LogP) is 3.65. The van der Waals surface area contributed by atoms with Crippen molar-refractivity contribution in [3.8, 4) is 0 Å². The Labute approximate surface area is 147 Å². The van der Waals surface area contributed by atoms with Gasteiger partial charge in [-0.15, -0.1) is 0 Å². The second-order valence-corrected chi connectivity index (χ2v) is 6.18. The Kier molecular flexibility index (Phi) is 4.47. The van der Waals surface area contributed by atoms with E-state index in [0.717, 1.165) is 0 Å². The number of para-hydroxylation sites is 1. The molecule has 0 amide bonds. The van der Waals surface area contributed by atoms with Gasteiger partial charge in [0.25, 0.3) is 5.56 Å². The van der Waals surface area contributed by atoms with Crippen LogP contribution in [0.25, 0.3) is 10.9 Å². The lowest BCUT2D eigenvalue weighted by Gasteiger charge is -2.05. The van der Waals surface area contributed by atoms with Gasteiger partial charge in [0.15, 0.2) is 0 Å². The first-order valence-corrected chi connectivity index (χ1v) is 7.93. The van der Waals surface area contributed by atoms with Gasteiger partial charge in [0.05, 0.1) is 17.3 Å². The number of Topliss-reactive ketones (excluding diaryl/α,β-unsaturated/α-hetero) is 1. The lowest BCUT2D eigenvalue weighted by molar-refractivity contribution is -0.170. The molecule has 1 aromatic carbocycles. The van der Waals surface area contributed by atoms with Crippen molar-refractivity contribution < 1.29 is 18.0 Å². The summed E-state index contributed by atoms with van der Waals surface area (Å²) >= 11 is 3.37. The SMILES string of the molecule is Brc1cc2ccc1=2.O=C(Cc1nc2ccccc2c(=O)[nH]1)C(F)(F)F. The maximum absolute atomic E-state index is 12.1. The number of fused-ring (bicyclic) bond motifs is 1. The number of benzene rings is 2. The highest BCUT2D eigenvalue weighted by molar-refractivity contribution is 9.10. The molecule has 0 unspecified atom stereocenters. The number of aromatic amines is 1. The molecule has 1 aromatic heterocycles. The van der Waals surface area contributed by atoms with Crippen LogP contribution in [0.2, 0.25) is 0 Å². The van der Waals surface area contributed by atoms with Crippen LogP contribution < -0.4 is 5.56 Å². The van der Waals surface area contributed by atoms with Gasteiger partial charge in [0, 0.05) is 4.47 Å². The molecule has 0 fully saturated rings. The monoisotopic (exact) mass is 410 g/mol. The summed E-state index contributed by atoms with van der Waals surface area (Å²) < 4.78 is 37.5. The zero-order valence-corrected chi connectivity index (χ0v) is 14.1. The van der Waals surface area contributed by atoms with Crippen molar-refractivity contribution in [3.05, 3.63) is 73.6 Å². The van der Waals surface area contributed by atoms with Gasteiger partial charge in [0.1, 0.15) is 5.82 Å². The topological polar surface area (TPSA) is 62.8 Å². The summed E-state index contributed by atoms with van der Waals surface area (Å²) in [5.74, 6) is -2.23. The molecule has 2 aromatic rings. The Morgan fingerprint density at radius 1 is 1.16 bits per heavy atom. The number of hydrogen-bond acceptors (Lipinski definition) is 3. The van der Waals surface area contributed by atoms with Crippen LogP contribution in [0.3, 0.4) is 0 Å².